The lowest BCUT2D eigenvalue weighted by molar-refractivity contribution is 0.0951. The van der Waals surface area contributed by atoms with Crippen LogP contribution >= 0.6 is 0 Å². The van der Waals surface area contributed by atoms with Crippen molar-refractivity contribution in [2.24, 2.45) is 0 Å². The van der Waals surface area contributed by atoms with Gasteiger partial charge in [0.1, 0.15) is 0 Å². The average molecular weight is 353 g/mol. The fourth-order valence-electron chi connectivity index (χ4n) is 2.82. The Morgan fingerprint density at radius 1 is 1.19 bits per heavy atom. The molecule has 3 aromatic rings. The number of hydrogen-bond acceptors (Lipinski definition) is 3. The minimum atomic E-state index is -0.197. The quantitative estimate of drug-likeness (QED) is 0.641. The molecule has 3 rings (SSSR count). The highest BCUT2D eigenvalue weighted by Gasteiger charge is 2.11. The maximum absolute atomic E-state index is 12.4. The van der Waals surface area contributed by atoms with Gasteiger partial charge in [-0.3, -0.25) is 9.36 Å². The number of aromatic amines is 1. The Bertz CT molecular complexity index is 955. The maximum atomic E-state index is 12.4. The lowest BCUT2D eigenvalue weighted by atomic mass is 10.1. The number of rotatable bonds is 7. The molecule has 6 nitrogen and oxygen atoms in total. The number of amides is 1. The number of benzene rings is 2. The molecule has 2 N–H and O–H groups in total. The van der Waals surface area contributed by atoms with Crippen molar-refractivity contribution in [1.82, 2.24) is 14.9 Å². The van der Waals surface area contributed by atoms with E-state index in [2.05, 4.69) is 10.3 Å². The highest BCUT2D eigenvalue weighted by molar-refractivity contribution is 5.97. The summed E-state index contributed by atoms with van der Waals surface area (Å²) in [6.45, 7) is 5.97. The van der Waals surface area contributed by atoms with E-state index in [-0.39, 0.29) is 11.6 Å². The number of H-pyrrole nitrogens is 1. The van der Waals surface area contributed by atoms with Crippen molar-refractivity contribution in [3.05, 3.63) is 69.6 Å². The molecule has 0 aliphatic rings. The van der Waals surface area contributed by atoms with E-state index >= 15 is 0 Å². The summed E-state index contributed by atoms with van der Waals surface area (Å²) in [7, 11) is 0. The van der Waals surface area contributed by atoms with Gasteiger partial charge >= 0.3 is 5.69 Å². The second-order valence-corrected chi connectivity index (χ2v) is 6.18. The Kier molecular flexibility index (Phi) is 5.53. The molecule has 0 fully saturated rings. The summed E-state index contributed by atoms with van der Waals surface area (Å²) in [4.78, 5) is 27.3. The van der Waals surface area contributed by atoms with Crippen LogP contribution in [0.3, 0.4) is 0 Å². The van der Waals surface area contributed by atoms with Crippen molar-refractivity contribution in [1.29, 1.82) is 0 Å². The highest BCUT2D eigenvalue weighted by Crippen LogP contribution is 2.13. The van der Waals surface area contributed by atoms with Crippen LogP contribution in [-0.2, 0) is 17.8 Å². The monoisotopic (exact) mass is 353 g/mol. The second kappa shape index (κ2) is 8.01. The Hall–Kier alpha value is -2.86. The number of ether oxygens (including phenoxy) is 1. The lowest BCUT2D eigenvalue weighted by Crippen LogP contribution is -2.22. The summed E-state index contributed by atoms with van der Waals surface area (Å²) in [5, 5.41) is 2.90. The van der Waals surface area contributed by atoms with E-state index in [1.807, 2.05) is 38.1 Å². The first kappa shape index (κ1) is 17.9. The van der Waals surface area contributed by atoms with Gasteiger partial charge in [-0.2, -0.15) is 0 Å². The van der Waals surface area contributed by atoms with E-state index in [4.69, 9.17) is 4.74 Å². The number of nitrogens with zero attached hydrogens (tertiary/aromatic N) is 1. The van der Waals surface area contributed by atoms with Gasteiger partial charge in [0, 0.05) is 18.7 Å². The topological polar surface area (TPSA) is 76.1 Å². The Morgan fingerprint density at radius 3 is 2.69 bits per heavy atom. The average Bonchev–Trinajstić information content (AvgIpc) is 2.96. The molecule has 1 aromatic heterocycles. The molecular weight excluding hydrogens is 330 g/mol. The molecule has 136 valence electrons. The molecule has 1 amide bonds. The van der Waals surface area contributed by atoms with Crippen molar-refractivity contribution < 1.29 is 9.53 Å². The third kappa shape index (κ3) is 4.03. The van der Waals surface area contributed by atoms with Crippen molar-refractivity contribution in [3.63, 3.8) is 0 Å². The van der Waals surface area contributed by atoms with Crippen LogP contribution in [0.2, 0.25) is 0 Å². The van der Waals surface area contributed by atoms with Gasteiger partial charge in [0.05, 0.1) is 24.2 Å². The van der Waals surface area contributed by atoms with Crippen LogP contribution in [0.5, 0.6) is 0 Å². The van der Waals surface area contributed by atoms with Gasteiger partial charge in [-0.25, -0.2) is 4.79 Å². The second-order valence-electron chi connectivity index (χ2n) is 6.18. The Morgan fingerprint density at radius 2 is 1.96 bits per heavy atom. The largest absolute Gasteiger partial charge is 0.380 e. The van der Waals surface area contributed by atoms with Gasteiger partial charge in [0.15, 0.2) is 0 Å². The molecule has 0 bridgehead atoms. The molecule has 0 aliphatic heterocycles. The smallest absolute Gasteiger partial charge is 0.326 e. The molecule has 6 heteroatoms. The van der Waals surface area contributed by atoms with Crippen LogP contribution in [0.1, 0.15) is 28.4 Å². The zero-order valence-electron chi connectivity index (χ0n) is 15.0. The third-order valence-electron chi connectivity index (χ3n) is 4.27. The van der Waals surface area contributed by atoms with Crippen LogP contribution in [0.25, 0.3) is 11.0 Å². The zero-order valence-corrected chi connectivity index (χ0v) is 15.0. The SMILES string of the molecule is CCOCCn1c(=O)[nH]c2cc(C(=O)NCc3ccc(C)cc3)ccc21. The Labute approximate surface area is 151 Å². The first-order valence-corrected chi connectivity index (χ1v) is 8.72. The molecule has 0 saturated carbocycles. The molecule has 0 spiro atoms. The highest BCUT2D eigenvalue weighted by atomic mass is 16.5. The van der Waals surface area contributed by atoms with E-state index in [9.17, 15) is 9.59 Å². The van der Waals surface area contributed by atoms with Crippen LogP contribution in [-0.4, -0.2) is 28.7 Å². The predicted octanol–water partition coefficient (Wildman–Crippen LogP) is 2.60. The molecule has 0 saturated heterocycles. The van der Waals surface area contributed by atoms with Crippen LogP contribution in [0.15, 0.2) is 47.3 Å². The predicted molar refractivity (Wildman–Crippen MR) is 101 cm³/mol. The summed E-state index contributed by atoms with van der Waals surface area (Å²) >= 11 is 0. The molecule has 0 atom stereocenters. The number of carbonyl (C=O) groups excluding carboxylic acids is 1. The number of imidazole rings is 1. The fraction of sp³-hybridized carbons (Fsp3) is 0.300. The van der Waals surface area contributed by atoms with Gasteiger partial charge in [0.2, 0.25) is 0 Å². The van der Waals surface area contributed by atoms with E-state index < -0.39 is 0 Å². The van der Waals surface area contributed by atoms with Gasteiger partial charge < -0.3 is 15.0 Å². The molecule has 2 aromatic carbocycles. The molecule has 0 radical (unpaired) electrons. The van der Waals surface area contributed by atoms with Gasteiger partial charge in [-0.05, 0) is 37.6 Å². The van der Waals surface area contributed by atoms with Crippen molar-refractivity contribution in [2.75, 3.05) is 13.2 Å². The minimum absolute atomic E-state index is 0.171. The fourth-order valence-corrected chi connectivity index (χ4v) is 2.82. The zero-order chi connectivity index (χ0) is 18.5. The number of aromatic nitrogens is 2. The molecule has 0 unspecified atom stereocenters. The van der Waals surface area contributed by atoms with Crippen molar-refractivity contribution in [2.45, 2.75) is 26.9 Å². The molecule has 26 heavy (non-hydrogen) atoms. The molecule has 0 aliphatic carbocycles. The molecular formula is C20H23N3O3. The number of fused-ring (bicyclic) bond motifs is 1. The van der Waals surface area contributed by atoms with E-state index in [0.29, 0.717) is 37.4 Å². The van der Waals surface area contributed by atoms with Crippen LogP contribution in [0, 0.1) is 6.92 Å². The summed E-state index contributed by atoms with van der Waals surface area (Å²) in [6.07, 6.45) is 0. The van der Waals surface area contributed by atoms with E-state index in [1.165, 1.54) is 5.56 Å². The summed E-state index contributed by atoms with van der Waals surface area (Å²) in [5.74, 6) is -0.171. The number of carbonyl (C=O) groups is 1. The summed E-state index contributed by atoms with van der Waals surface area (Å²) < 4.78 is 6.94. The molecule has 1 heterocycles. The Balaban J connectivity index is 1.72. The summed E-state index contributed by atoms with van der Waals surface area (Å²) in [5.41, 5.74) is 3.96. The van der Waals surface area contributed by atoms with Crippen LogP contribution in [0.4, 0.5) is 0 Å². The number of hydrogen-bond donors (Lipinski definition) is 2. The van der Waals surface area contributed by atoms with Crippen LogP contribution < -0.4 is 11.0 Å². The summed E-state index contributed by atoms with van der Waals surface area (Å²) in [6, 6.07) is 13.3. The van der Waals surface area contributed by atoms with E-state index in [0.717, 1.165) is 11.1 Å². The van der Waals surface area contributed by atoms with E-state index in [1.54, 1.807) is 22.8 Å². The first-order chi connectivity index (χ1) is 12.6. The van der Waals surface area contributed by atoms with Crippen molar-refractivity contribution >= 4 is 16.9 Å². The van der Waals surface area contributed by atoms with Gasteiger partial charge in [-0.1, -0.05) is 29.8 Å². The standard InChI is InChI=1S/C20H23N3O3/c1-3-26-11-10-23-18-9-8-16(12-17(18)22-20(23)25)19(24)21-13-15-6-4-14(2)5-7-15/h4-9,12H,3,10-11,13H2,1-2H3,(H,21,24)(H,22,25). The number of aryl methyl sites for hydroxylation is 1. The minimum Gasteiger partial charge on any atom is -0.380 e. The third-order valence-corrected chi connectivity index (χ3v) is 4.27. The van der Waals surface area contributed by atoms with Gasteiger partial charge in [0.25, 0.3) is 5.91 Å². The maximum Gasteiger partial charge on any atom is 0.326 e. The van der Waals surface area contributed by atoms with Gasteiger partial charge in [-0.15, -0.1) is 0 Å². The lowest BCUT2D eigenvalue weighted by Gasteiger charge is -2.07. The first-order valence-electron chi connectivity index (χ1n) is 8.72. The van der Waals surface area contributed by atoms with Crippen molar-refractivity contribution in [3.8, 4) is 0 Å². The normalized spacial score (nSPS) is 11.0. The number of nitrogens with one attached hydrogen (secondary N) is 2.